The molecule has 1 aromatic rings. The molecule has 0 aliphatic rings. The molecule has 0 aliphatic carbocycles. The fourth-order valence-corrected chi connectivity index (χ4v) is 1.02. The van der Waals surface area contributed by atoms with Crippen molar-refractivity contribution in [2.75, 3.05) is 7.05 Å². The Morgan fingerprint density at radius 2 is 2.15 bits per heavy atom. The number of hydrogen-bond acceptors (Lipinski definition) is 2. The predicted molar refractivity (Wildman–Crippen MR) is 55.3 cm³/mol. The van der Waals surface area contributed by atoms with Crippen molar-refractivity contribution in [1.29, 1.82) is 0 Å². The number of nitrogens with one attached hydrogen (secondary N) is 1. The van der Waals surface area contributed by atoms with E-state index in [2.05, 4.69) is 5.32 Å². The number of carbonyl (C=O) groups excluding carboxylic acids is 1. The van der Waals surface area contributed by atoms with E-state index >= 15 is 0 Å². The summed E-state index contributed by atoms with van der Waals surface area (Å²) in [5.74, 6) is 0. The van der Waals surface area contributed by atoms with Crippen LogP contribution in [0.2, 0.25) is 0 Å². The monoisotopic (exact) mass is 171 g/mol. The summed E-state index contributed by atoms with van der Waals surface area (Å²) >= 11 is 0. The summed E-state index contributed by atoms with van der Waals surface area (Å²) in [7, 11) is 7.38. The summed E-state index contributed by atoms with van der Waals surface area (Å²) in [5, 5.41) is 2.85. The lowest BCUT2D eigenvalue weighted by molar-refractivity contribution is 0.112. The summed E-state index contributed by atoms with van der Waals surface area (Å²) in [4.78, 5) is 10.6. The Labute approximate surface area is 79.1 Å². The van der Waals surface area contributed by atoms with Gasteiger partial charge in [-0.1, -0.05) is 23.7 Å². The van der Waals surface area contributed by atoms with Crippen LogP contribution in [0.4, 0.5) is 0 Å². The van der Waals surface area contributed by atoms with E-state index in [9.17, 15) is 4.79 Å². The van der Waals surface area contributed by atoms with E-state index in [0.29, 0.717) is 11.0 Å². The summed E-state index contributed by atoms with van der Waals surface area (Å²) in [6.07, 6.45) is 4.37. The maximum atomic E-state index is 10.6. The average molecular weight is 171 g/mol. The van der Waals surface area contributed by atoms with Gasteiger partial charge in [-0.3, -0.25) is 4.79 Å². The van der Waals surface area contributed by atoms with Crippen LogP contribution in [0.5, 0.6) is 0 Å². The van der Waals surface area contributed by atoms with Gasteiger partial charge in [-0.25, -0.2) is 0 Å². The molecule has 0 saturated carbocycles. The SMILES string of the molecule is [B]c1ccc(C=O)c(/C=C\NC)c1. The summed E-state index contributed by atoms with van der Waals surface area (Å²) < 4.78 is 0. The van der Waals surface area contributed by atoms with Crippen LogP contribution < -0.4 is 10.8 Å². The quantitative estimate of drug-likeness (QED) is 0.529. The van der Waals surface area contributed by atoms with Crippen LogP contribution in [-0.4, -0.2) is 21.2 Å². The van der Waals surface area contributed by atoms with Crippen molar-refractivity contribution in [3.05, 3.63) is 35.5 Å². The van der Waals surface area contributed by atoms with Gasteiger partial charge >= 0.3 is 0 Å². The molecule has 1 N–H and O–H groups in total. The zero-order valence-corrected chi connectivity index (χ0v) is 7.45. The lowest BCUT2D eigenvalue weighted by Gasteiger charge is -2.00. The molecule has 1 rings (SSSR count). The second-order valence-electron chi connectivity index (χ2n) is 2.63. The standard InChI is InChI=1S/C10H10BNO/c1-12-5-4-8-6-10(11)3-2-9(8)7-13/h2-7,12H,1H3/b5-4-. The van der Waals surface area contributed by atoms with Crippen LogP contribution in [0, 0.1) is 0 Å². The Balaban J connectivity index is 3.08. The minimum Gasteiger partial charge on any atom is -0.394 e. The van der Waals surface area contributed by atoms with Crippen molar-refractivity contribution < 1.29 is 4.79 Å². The first-order valence-electron chi connectivity index (χ1n) is 3.96. The van der Waals surface area contributed by atoms with Gasteiger partial charge in [0.2, 0.25) is 0 Å². The zero-order valence-electron chi connectivity index (χ0n) is 7.45. The molecule has 3 heteroatoms. The van der Waals surface area contributed by atoms with Crippen molar-refractivity contribution in [1.82, 2.24) is 5.32 Å². The van der Waals surface area contributed by atoms with Crippen LogP contribution in [-0.2, 0) is 0 Å². The van der Waals surface area contributed by atoms with Gasteiger partial charge in [0.05, 0.1) is 0 Å². The first-order valence-corrected chi connectivity index (χ1v) is 3.96. The van der Waals surface area contributed by atoms with Crippen molar-refractivity contribution in [2.45, 2.75) is 0 Å². The number of aldehydes is 1. The second-order valence-corrected chi connectivity index (χ2v) is 2.63. The number of rotatable bonds is 3. The van der Waals surface area contributed by atoms with E-state index in [1.807, 2.05) is 0 Å². The summed E-state index contributed by atoms with van der Waals surface area (Å²) in [5.41, 5.74) is 2.12. The highest BCUT2D eigenvalue weighted by molar-refractivity contribution is 6.32. The van der Waals surface area contributed by atoms with E-state index in [4.69, 9.17) is 7.85 Å². The first kappa shape index (κ1) is 9.58. The predicted octanol–water partition coefficient (Wildman–Crippen LogP) is 0.483. The van der Waals surface area contributed by atoms with E-state index in [1.165, 1.54) is 0 Å². The molecular weight excluding hydrogens is 161 g/mol. The molecule has 0 aliphatic heterocycles. The smallest absolute Gasteiger partial charge is 0.150 e. The molecule has 1 aromatic carbocycles. The highest BCUT2D eigenvalue weighted by atomic mass is 16.1. The first-order chi connectivity index (χ1) is 6.27. The van der Waals surface area contributed by atoms with Gasteiger partial charge < -0.3 is 5.32 Å². The van der Waals surface area contributed by atoms with Gasteiger partial charge in [-0.2, -0.15) is 0 Å². The summed E-state index contributed by atoms with van der Waals surface area (Å²) in [6, 6.07) is 5.18. The maximum Gasteiger partial charge on any atom is 0.150 e. The average Bonchev–Trinajstić information content (AvgIpc) is 2.15. The molecule has 0 saturated heterocycles. The van der Waals surface area contributed by atoms with Crippen molar-refractivity contribution >= 4 is 25.7 Å². The molecular formula is C10H10BNO. The third kappa shape index (κ3) is 2.47. The largest absolute Gasteiger partial charge is 0.394 e. The molecule has 0 bridgehead atoms. The van der Waals surface area contributed by atoms with Crippen LogP contribution in [0.1, 0.15) is 15.9 Å². The normalized spacial score (nSPS) is 10.2. The Bertz CT molecular complexity index is 334. The molecule has 64 valence electrons. The molecule has 0 amide bonds. The Morgan fingerprint density at radius 1 is 1.38 bits per heavy atom. The number of carbonyl (C=O) groups is 1. The molecule has 0 unspecified atom stereocenters. The summed E-state index contributed by atoms with van der Waals surface area (Å²) in [6.45, 7) is 0. The molecule has 0 atom stereocenters. The van der Waals surface area contributed by atoms with Gasteiger partial charge in [0.25, 0.3) is 0 Å². The molecule has 0 aromatic heterocycles. The van der Waals surface area contributed by atoms with Crippen LogP contribution in [0.25, 0.3) is 6.08 Å². The maximum absolute atomic E-state index is 10.6. The zero-order chi connectivity index (χ0) is 9.68. The van der Waals surface area contributed by atoms with Gasteiger partial charge in [-0.15, -0.1) is 0 Å². The molecule has 0 fully saturated rings. The van der Waals surface area contributed by atoms with Crippen LogP contribution in [0.15, 0.2) is 24.4 Å². The number of hydrogen-bond donors (Lipinski definition) is 1. The van der Waals surface area contributed by atoms with E-state index in [0.717, 1.165) is 11.8 Å². The molecule has 2 radical (unpaired) electrons. The van der Waals surface area contributed by atoms with Crippen molar-refractivity contribution in [3.63, 3.8) is 0 Å². The molecule has 0 spiro atoms. The van der Waals surface area contributed by atoms with Gasteiger partial charge in [-0.05, 0) is 17.8 Å². The Morgan fingerprint density at radius 3 is 2.77 bits per heavy atom. The topological polar surface area (TPSA) is 29.1 Å². The minimum atomic E-state index is 0.640. The van der Waals surface area contributed by atoms with Gasteiger partial charge in [0.1, 0.15) is 7.85 Å². The third-order valence-corrected chi connectivity index (χ3v) is 1.67. The highest BCUT2D eigenvalue weighted by Gasteiger charge is 1.96. The van der Waals surface area contributed by atoms with Crippen molar-refractivity contribution in [3.8, 4) is 0 Å². The molecule has 2 nitrogen and oxygen atoms in total. The van der Waals surface area contributed by atoms with E-state index in [-0.39, 0.29) is 0 Å². The van der Waals surface area contributed by atoms with E-state index < -0.39 is 0 Å². The Kier molecular flexibility index (Phi) is 3.32. The fourth-order valence-electron chi connectivity index (χ4n) is 1.02. The van der Waals surface area contributed by atoms with Gasteiger partial charge in [0.15, 0.2) is 6.29 Å². The molecule has 13 heavy (non-hydrogen) atoms. The van der Waals surface area contributed by atoms with E-state index in [1.54, 1.807) is 37.5 Å². The van der Waals surface area contributed by atoms with Crippen LogP contribution in [0.3, 0.4) is 0 Å². The van der Waals surface area contributed by atoms with Crippen LogP contribution >= 0.6 is 0 Å². The highest BCUT2D eigenvalue weighted by Crippen LogP contribution is 2.05. The van der Waals surface area contributed by atoms with Crippen molar-refractivity contribution in [2.24, 2.45) is 0 Å². The third-order valence-electron chi connectivity index (χ3n) is 1.67. The minimum absolute atomic E-state index is 0.640. The fraction of sp³-hybridized carbons (Fsp3) is 0.100. The molecule has 0 heterocycles. The number of benzene rings is 1. The second kappa shape index (κ2) is 4.50. The lowest BCUT2D eigenvalue weighted by Crippen LogP contribution is -2.03. The van der Waals surface area contributed by atoms with Gasteiger partial charge in [0, 0.05) is 12.6 Å². The lowest BCUT2D eigenvalue weighted by atomic mass is 9.92. The Hall–Kier alpha value is -1.51.